The van der Waals surface area contributed by atoms with Gasteiger partial charge in [-0.05, 0) is 0 Å². The van der Waals surface area contributed by atoms with Gasteiger partial charge in [-0.3, -0.25) is 0 Å². The molecule has 0 unspecified atom stereocenters. The molecule has 0 aromatic rings. The standard InChI is InChI=1S/C3H7FNO4S2.C2H3F3NO4S2.CF4/c1-2-10(6,7)5-11(8,9)3-4;1-11(7,8)6-12(9,10)2(3,4)5;2-1(3,4)5/h2-3H2,1H3;1H3;/q2*-1;. The van der Waals surface area contributed by atoms with Crippen molar-refractivity contribution in [2.75, 3.05) is 18.0 Å². The Morgan fingerprint density at radius 1 is 0.714 bits per heavy atom. The lowest BCUT2D eigenvalue weighted by molar-refractivity contribution is -0.237. The average molecular weight is 518 g/mol. The van der Waals surface area contributed by atoms with E-state index >= 15 is 0 Å². The minimum Gasteiger partial charge on any atom is -0.434 e. The Kier molecular flexibility index (Phi) is 12.3. The lowest BCUT2D eigenvalue weighted by atomic mass is 11.0. The largest absolute Gasteiger partial charge is 0.559 e. The van der Waals surface area contributed by atoms with E-state index in [0.717, 1.165) is 0 Å². The fourth-order valence-electron chi connectivity index (χ4n) is 0.466. The van der Waals surface area contributed by atoms with Crippen molar-refractivity contribution in [3.05, 3.63) is 8.25 Å². The van der Waals surface area contributed by atoms with Gasteiger partial charge in [0.15, 0.2) is 16.0 Å². The summed E-state index contributed by atoms with van der Waals surface area (Å²) < 4.78 is 170. The Morgan fingerprint density at radius 3 is 1.18 bits per heavy atom. The van der Waals surface area contributed by atoms with Crippen LogP contribution in [-0.2, 0) is 40.1 Å². The van der Waals surface area contributed by atoms with Crippen molar-refractivity contribution >= 4 is 40.1 Å². The summed E-state index contributed by atoms with van der Waals surface area (Å²) in [5.74, 6) is -0.452. The molecule has 0 aromatic heterocycles. The molecule has 0 spiro atoms. The molecule has 0 amide bonds. The normalized spacial score (nSPS) is 13.6. The third-order valence-corrected chi connectivity index (χ3v) is 6.53. The summed E-state index contributed by atoms with van der Waals surface area (Å²) in [4.78, 5) is 0. The Hall–Kier alpha value is -0.840. The van der Waals surface area contributed by atoms with E-state index in [-0.39, 0.29) is 6.26 Å². The van der Waals surface area contributed by atoms with Crippen LogP contribution in [0.25, 0.3) is 8.25 Å². The highest BCUT2D eigenvalue weighted by atomic mass is 32.3. The second-order valence-corrected chi connectivity index (χ2v) is 11.0. The molecule has 0 rings (SSSR count). The molecule has 174 valence electrons. The maximum atomic E-state index is 11.5. The maximum Gasteiger partial charge on any atom is 0.559 e. The summed E-state index contributed by atoms with van der Waals surface area (Å²) in [6, 6.07) is -1.79. The van der Waals surface area contributed by atoms with E-state index < -0.39 is 63.8 Å². The van der Waals surface area contributed by atoms with E-state index in [4.69, 9.17) is 0 Å². The zero-order valence-electron chi connectivity index (χ0n) is 13.2. The van der Waals surface area contributed by atoms with Gasteiger partial charge in [0.25, 0.3) is 0 Å². The molecule has 0 aromatic carbocycles. The average Bonchev–Trinajstić information content (AvgIpc) is 2.32. The van der Waals surface area contributed by atoms with Crippen molar-refractivity contribution in [3.8, 4) is 0 Å². The van der Waals surface area contributed by atoms with Gasteiger partial charge in [-0.15, -0.1) is 17.6 Å². The van der Waals surface area contributed by atoms with Crippen molar-refractivity contribution in [2.24, 2.45) is 0 Å². The molecule has 0 fully saturated rings. The Labute approximate surface area is 154 Å². The van der Waals surface area contributed by atoms with Gasteiger partial charge in [0.1, 0.15) is 10.0 Å². The van der Waals surface area contributed by atoms with E-state index in [1.54, 1.807) is 4.13 Å². The van der Waals surface area contributed by atoms with Crippen LogP contribution in [0.5, 0.6) is 0 Å². The van der Waals surface area contributed by atoms with Crippen molar-refractivity contribution in [1.29, 1.82) is 0 Å². The highest BCUT2D eigenvalue weighted by molar-refractivity contribution is 8.12. The smallest absolute Gasteiger partial charge is 0.434 e. The van der Waals surface area contributed by atoms with Crippen molar-refractivity contribution in [3.63, 3.8) is 0 Å². The summed E-state index contributed by atoms with van der Waals surface area (Å²) in [5, 5.41) is 0. The molecule has 10 nitrogen and oxygen atoms in total. The van der Waals surface area contributed by atoms with Gasteiger partial charge < -0.3 is 8.25 Å². The van der Waals surface area contributed by atoms with Gasteiger partial charge in [0, 0.05) is 12.0 Å². The van der Waals surface area contributed by atoms with Crippen LogP contribution < -0.4 is 0 Å². The molecular formula is C6H10F8N2O8S4-2. The van der Waals surface area contributed by atoms with E-state index in [1.165, 1.54) is 6.92 Å². The predicted molar refractivity (Wildman–Crippen MR) is 78.1 cm³/mol. The first-order valence-electron chi connectivity index (χ1n) is 5.55. The molecule has 0 aliphatic rings. The van der Waals surface area contributed by atoms with Crippen LogP contribution in [-0.4, -0.2) is 63.6 Å². The van der Waals surface area contributed by atoms with Crippen LogP contribution in [0.4, 0.5) is 35.1 Å². The van der Waals surface area contributed by atoms with Gasteiger partial charge in [0.05, 0.1) is 20.0 Å². The Bertz CT molecular complexity index is 850. The Morgan fingerprint density at radius 2 is 1.04 bits per heavy atom. The summed E-state index contributed by atoms with van der Waals surface area (Å²) in [6.07, 6.45) is -5.25. The van der Waals surface area contributed by atoms with Crippen LogP contribution in [0.1, 0.15) is 6.92 Å². The quantitative estimate of drug-likeness (QED) is 0.479. The van der Waals surface area contributed by atoms with Crippen LogP contribution in [0.3, 0.4) is 0 Å². The van der Waals surface area contributed by atoms with Crippen LogP contribution in [0.2, 0.25) is 0 Å². The molecule has 0 radical (unpaired) electrons. The van der Waals surface area contributed by atoms with E-state index in [1.807, 2.05) is 0 Å². The van der Waals surface area contributed by atoms with Crippen molar-refractivity contribution < 1.29 is 68.8 Å². The van der Waals surface area contributed by atoms with Gasteiger partial charge in [-0.25, -0.2) is 38.1 Å². The number of sulfonamides is 4. The van der Waals surface area contributed by atoms with Crippen LogP contribution >= 0.6 is 0 Å². The number of alkyl halides is 8. The van der Waals surface area contributed by atoms with Crippen LogP contribution in [0.15, 0.2) is 0 Å². The second-order valence-electron chi connectivity index (χ2n) is 3.79. The summed E-state index contributed by atoms with van der Waals surface area (Å²) in [7, 11) is -18.9. The molecule has 0 atom stereocenters. The van der Waals surface area contributed by atoms with E-state index in [2.05, 4.69) is 4.13 Å². The fraction of sp³-hybridized carbons (Fsp3) is 1.00. The molecule has 0 saturated heterocycles. The molecule has 0 saturated carbocycles. The molecule has 0 heterocycles. The van der Waals surface area contributed by atoms with Gasteiger partial charge in [-0.2, -0.15) is 13.2 Å². The lowest BCUT2D eigenvalue weighted by Gasteiger charge is -2.19. The van der Waals surface area contributed by atoms with Gasteiger partial charge in [0.2, 0.25) is 0 Å². The number of hydrogen-bond donors (Lipinski definition) is 0. The fourth-order valence-corrected chi connectivity index (χ4v) is 4.20. The molecule has 28 heavy (non-hydrogen) atoms. The number of halogens is 8. The van der Waals surface area contributed by atoms with Crippen LogP contribution in [0, 0.1) is 0 Å². The topological polar surface area (TPSA) is 165 Å². The van der Waals surface area contributed by atoms with Crippen molar-refractivity contribution in [2.45, 2.75) is 18.9 Å². The summed E-state index contributed by atoms with van der Waals surface area (Å²) in [5.41, 5.74) is -5.67. The number of hydrogen-bond acceptors (Lipinski definition) is 8. The first-order valence-corrected chi connectivity index (χ1v) is 12.1. The number of rotatable bonds is 6. The molecular weight excluding hydrogens is 508 g/mol. The van der Waals surface area contributed by atoms with E-state index in [0.29, 0.717) is 0 Å². The molecule has 0 aliphatic carbocycles. The minimum atomic E-state index is -5.92. The molecule has 0 bridgehead atoms. The lowest BCUT2D eigenvalue weighted by Crippen LogP contribution is -2.23. The van der Waals surface area contributed by atoms with Gasteiger partial charge >= 0.3 is 11.9 Å². The highest BCUT2D eigenvalue weighted by Gasteiger charge is 2.39. The minimum absolute atomic E-state index is 0.246. The first-order chi connectivity index (χ1) is 11.8. The SMILES string of the molecule is CCS(=O)(=O)[N-]S(=O)(=O)CF.CS(=O)(=O)[N-]S(=O)(=O)C(F)(F)F.FC(F)(F)F. The third-order valence-electron chi connectivity index (χ3n) is 1.26. The molecule has 0 N–H and O–H groups in total. The zero-order chi connectivity index (χ0) is 23.8. The Balaban J connectivity index is -0.000000362. The summed E-state index contributed by atoms with van der Waals surface area (Å²) in [6.45, 7) is 1.21. The van der Waals surface area contributed by atoms with Gasteiger partial charge in [-0.1, -0.05) is 6.92 Å². The van der Waals surface area contributed by atoms with E-state index in [9.17, 15) is 68.8 Å². The molecule has 22 heteroatoms. The highest BCUT2D eigenvalue weighted by Crippen LogP contribution is 2.29. The monoisotopic (exact) mass is 518 g/mol. The summed E-state index contributed by atoms with van der Waals surface area (Å²) >= 11 is 0. The third kappa shape index (κ3) is 21.5. The zero-order valence-corrected chi connectivity index (χ0v) is 16.5. The second kappa shape index (κ2) is 10.8. The molecule has 0 aliphatic heterocycles. The predicted octanol–water partition coefficient (Wildman–Crippen LogP) is 1.61. The number of nitrogens with zero attached hydrogens (tertiary/aromatic N) is 2. The first kappa shape index (κ1) is 31.8. The van der Waals surface area contributed by atoms with Crippen molar-refractivity contribution in [1.82, 2.24) is 0 Å². The maximum absolute atomic E-state index is 11.5.